The van der Waals surface area contributed by atoms with E-state index in [2.05, 4.69) is 0 Å². The van der Waals surface area contributed by atoms with Gasteiger partial charge in [0, 0.05) is 30.4 Å². The van der Waals surface area contributed by atoms with Gasteiger partial charge in [-0.05, 0) is 56.0 Å². The molecule has 2 heterocycles. The lowest BCUT2D eigenvalue weighted by atomic mass is 9.88. The highest BCUT2D eigenvalue weighted by Crippen LogP contribution is 2.51. The fourth-order valence-corrected chi connectivity index (χ4v) is 4.28. The molecule has 1 aromatic heterocycles. The number of ketones is 2. The zero-order valence-electron chi connectivity index (χ0n) is 17.6. The van der Waals surface area contributed by atoms with Crippen molar-refractivity contribution in [1.82, 2.24) is 4.98 Å². The van der Waals surface area contributed by atoms with E-state index in [4.69, 9.17) is 14.5 Å². The summed E-state index contributed by atoms with van der Waals surface area (Å²) in [7, 11) is 0. The van der Waals surface area contributed by atoms with Gasteiger partial charge in [-0.25, -0.2) is 0 Å². The molecule has 5 rings (SSSR count). The summed E-state index contributed by atoms with van der Waals surface area (Å²) in [6.07, 6.45) is 2.01. The summed E-state index contributed by atoms with van der Waals surface area (Å²) in [5.41, 5.74) is 4.91. The number of fused-ring (bicyclic) bond motifs is 1. The topological polar surface area (TPSA) is 65.5 Å². The van der Waals surface area contributed by atoms with Crippen molar-refractivity contribution in [2.24, 2.45) is 0 Å². The van der Waals surface area contributed by atoms with Gasteiger partial charge in [0.05, 0.1) is 5.41 Å². The van der Waals surface area contributed by atoms with E-state index in [9.17, 15) is 9.59 Å². The molecule has 31 heavy (non-hydrogen) atoms. The van der Waals surface area contributed by atoms with Gasteiger partial charge in [-0.1, -0.05) is 36.4 Å². The van der Waals surface area contributed by atoms with Gasteiger partial charge < -0.3 is 9.47 Å². The predicted molar refractivity (Wildman–Crippen MR) is 119 cm³/mol. The summed E-state index contributed by atoms with van der Waals surface area (Å²) in [6, 6.07) is 17.3. The van der Waals surface area contributed by atoms with Crippen molar-refractivity contribution in [3.63, 3.8) is 0 Å². The largest absolute Gasteiger partial charge is 0.454 e. The molecule has 0 amide bonds. The first-order valence-electron chi connectivity index (χ1n) is 10.5. The zero-order chi connectivity index (χ0) is 21.6. The van der Waals surface area contributed by atoms with Crippen LogP contribution in [-0.4, -0.2) is 23.3 Å². The van der Waals surface area contributed by atoms with Crippen LogP contribution in [-0.2, 0) is 16.6 Å². The third kappa shape index (κ3) is 3.50. The molecule has 1 fully saturated rings. The van der Waals surface area contributed by atoms with Crippen LogP contribution in [0.4, 0.5) is 0 Å². The van der Waals surface area contributed by atoms with Gasteiger partial charge in [0.25, 0.3) is 0 Å². The number of pyridine rings is 1. The van der Waals surface area contributed by atoms with Crippen molar-refractivity contribution < 1.29 is 20.5 Å². The number of rotatable bonds is 6. The summed E-state index contributed by atoms with van der Waals surface area (Å²) >= 11 is 0. The van der Waals surface area contributed by atoms with Crippen molar-refractivity contribution in [1.29, 1.82) is 0 Å². The highest BCUT2D eigenvalue weighted by molar-refractivity contribution is 5.95. The second kappa shape index (κ2) is 7.34. The van der Waals surface area contributed by atoms with Crippen LogP contribution in [0.5, 0.6) is 11.5 Å². The normalized spacial score (nSPS) is 15.5. The molecule has 0 saturated heterocycles. The van der Waals surface area contributed by atoms with Crippen LogP contribution in [0.2, 0.25) is 0 Å². The number of carbonyl (C=O) groups is 2. The van der Waals surface area contributed by atoms with E-state index >= 15 is 0 Å². The molecule has 1 aliphatic heterocycles. The first-order chi connectivity index (χ1) is 15.0. The maximum Gasteiger partial charge on any atom is 0.231 e. The summed E-state index contributed by atoms with van der Waals surface area (Å²) < 4.78 is 10.9. The van der Waals surface area contributed by atoms with Crippen LogP contribution in [0.1, 0.15) is 48.5 Å². The monoisotopic (exact) mass is 415 g/mol. The van der Waals surface area contributed by atoms with E-state index in [-0.39, 0.29) is 19.8 Å². The van der Waals surface area contributed by atoms with Gasteiger partial charge in [0.15, 0.2) is 17.3 Å². The molecule has 2 aliphatic rings. The fraction of sp³-hybridized carbons (Fsp3) is 0.269. The van der Waals surface area contributed by atoms with Gasteiger partial charge >= 0.3 is 0 Å². The fourth-order valence-electron chi connectivity index (χ4n) is 4.28. The zero-order valence-corrected chi connectivity index (χ0v) is 17.6. The number of Topliss-reactive ketones (excluding diaryl/α,β-unsaturated/α-hetero) is 2. The number of aromatic nitrogens is 1. The Hall–Kier alpha value is -3.47. The van der Waals surface area contributed by atoms with E-state index in [1.54, 1.807) is 6.92 Å². The first kappa shape index (κ1) is 19.5. The number of carbonyl (C=O) groups excluding carboxylic acids is 2. The van der Waals surface area contributed by atoms with Crippen LogP contribution >= 0.6 is 0 Å². The molecule has 0 unspecified atom stereocenters. The Morgan fingerprint density at radius 3 is 2.42 bits per heavy atom. The van der Waals surface area contributed by atoms with E-state index < -0.39 is 5.41 Å². The third-order valence-corrected chi connectivity index (χ3v) is 6.30. The second-order valence-electron chi connectivity index (χ2n) is 8.32. The SMILES string of the molecule is CC(=O)c1ccc(-c2ccc(CC(=O)C3(c4ccc5c(c4)OCO5)CC3)nc2C)cc1.[HH]. The minimum Gasteiger partial charge on any atom is -0.454 e. The van der Waals surface area contributed by atoms with Crippen LogP contribution in [0.15, 0.2) is 54.6 Å². The Bertz CT molecular complexity index is 1200. The number of ether oxygens (including phenoxy) is 2. The molecule has 1 saturated carbocycles. The van der Waals surface area contributed by atoms with Crippen molar-refractivity contribution >= 4 is 11.6 Å². The Morgan fingerprint density at radius 1 is 1.00 bits per heavy atom. The molecule has 0 radical (unpaired) electrons. The molecule has 5 heteroatoms. The summed E-state index contributed by atoms with van der Waals surface area (Å²) in [6.45, 7) is 3.74. The Labute approximate surface area is 182 Å². The van der Waals surface area contributed by atoms with E-state index in [1.165, 1.54) is 0 Å². The molecule has 0 spiro atoms. The van der Waals surface area contributed by atoms with Crippen molar-refractivity contribution in [2.75, 3.05) is 6.79 Å². The Balaban J connectivity index is 0.00000245. The van der Waals surface area contributed by atoms with E-state index in [0.29, 0.717) is 17.7 Å². The average molecular weight is 415 g/mol. The predicted octanol–water partition coefficient (Wildman–Crippen LogP) is 5.08. The average Bonchev–Trinajstić information content (AvgIpc) is 3.45. The smallest absolute Gasteiger partial charge is 0.231 e. The van der Waals surface area contributed by atoms with Crippen LogP contribution in [0.25, 0.3) is 11.1 Å². The van der Waals surface area contributed by atoms with Crippen molar-refractivity contribution in [3.05, 3.63) is 77.1 Å². The highest BCUT2D eigenvalue weighted by Gasteiger charge is 2.51. The molecule has 0 N–H and O–H groups in total. The minimum atomic E-state index is -0.433. The molecule has 3 aromatic rings. The summed E-state index contributed by atoms with van der Waals surface area (Å²) in [4.78, 5) is 29.4. The molecule has 158 valence electrons. The molecule has 5 nitrogen and oxygen atoms in total. The van der Waals surface area contributed by atoms with Crippen LogP contribution < -0.4 is 9.47 Å². The number of hydrogen-bond acceptors (Lipinski definition) is 5. The molecular weight excluding hydrogens is 390 g/mol. The first-order valence-corrected chi connectivity index (χ1v) is 10.5. The van der Waals surface area contributed by atoms with Gasteiger partial charge in [-0.2, -0.15) is 0 Å². The summed E-state index contributed by atoms with van der Waals surface area (Å²) in [5.74, 6) is 1.69. The number of benzene rings is 2. The maximum atomic E-state index is 13.2. The second-order valence-corrected chi connectivity index (χ2v) is 8.32. The van der Waals surface area contributed by atoms with Crippen LogP contribution in [0, 0.1) is 6.92 Å². The Kier molecular flexibility index (Phi) is 4.62. The molecule has 0 bridgehead atoms. The minimum absolute atomic E-state index is 0. The lowest BCUT2D eigenvalue weighted by Crippen LogP contribution is -2.23. The molecule has 2 aromatic carbocycles. The quantitative estimate of drug-likeness (QED) is 0.526. The molecular formula is C26H25NO4. The van der Waals surface area contributed by atoms with Gasteiger partial charge in [-0.15, -0.1) is 0 Å². The van der Waals surface area contributed by atoms with E-state index in [1.807, 2.05) is 61.5 Å². The Morgan fingerprint density at radius 2 is 1.74 bits per heavy atom. The number of hydrogen-bond donors (Lipinski definition) is 0. The summed E-state index contributed by atoms with van der Waals surface area (Å²) in [5, 5.41) is 0. The van der Waals surface area contributed by atoms with E-state index in [0.717, 1.165) is 46.7 Å². The lowest BCUT2D eigenvalue weighted by Gasteiger charge is -2.15. The van der Waals surface area contributed by atoms with Gasteiger partial charge in [0.2, 0.25) is 6.79 Å². The maximum absolute atomic E-state index is 13.2. The number of aryl methyl sites for hydroxylation is 1. The lowest BCUT2D eigenvalue weighted by molar-refractivity contribution is -0.120. The van der Waals surface area contributed by atoms with Crippen molar-refractivity contribution in [3.8, 4) is 22.6 Å². The van der Waals surface area contributed by atoms with Crippen molar-refractivity contribution in [2.45, 2.75) is 38.5 Å². The highest BCUT2D eigenvalue weighted by atomic mass is 16.7. The third-order valence-electron chi connectivity index (χ3n) is 6.30. The van der Waals surface area contributed by atoms with Gasteiger partial charge in [0.1, 0.15) is 5.78 Å². The molecule has 0 atom stereocenters. The number of nitrogens with zero attached hydrogens (tertiary/aromatic N) is 1. The van der Waals surface area contributed by atoms with Gasteiger partial charge in [-0.3, -0.25) is 14.6 Å². The molecule has 1 aliphatic carbocycles. The van der Waals surface area contributed by atoms with Crippen LogP contribution in [0.3, 0.4) is 0 Å². The standard InChI is InChI=1S/C26H23NO4.H2/c1-16-22(19-5-3-18(4-6-19)17(2)28)9-8-21(27-16)14-25(29)26(11-12-26)20-7-10-23-24(13-20)31-15-30-23;/h3-10,13H,11-12,14-15H2,1-2H3;1H.